The van der Waals surface area contributed by atoms with Crippen LogP contribution in [0.5, 0.6) is 0 Å². The van der Waals surface area contributed by atoms with Gasteiger partial charge in [-0.25, -0.2) is 9.50 Å². The number of nitrogens with zero attached hydrogens (tertiary/aromatic N) is 2. The zero-order valence-corrected chi connectivity index (χ0v) is 17.6. The third-order valence-corrected chi connectivity index (χ3v) is 6.07. The summed E-state index contributed by atoms with van der Waals surface area (Å²) in [4.78, 5) is 33.2. The summed E-state index contributed by atoms with van der Waals surface area (Å²) in [5.74, 6) is 0.1000. The van der Waals surface area contributed by atoms with Crippen molar-refractivity contribution in [1.29, 1.82) is 0 Å². The van der Waals surface area contributed by atoms with Gasteiger partial charge in [0, 0.05) is 47.9 Å². The van der Waals surface area contributed by atoms with Gasteiger partial charge in [0.2, 0.25) is 0 Å². The summed E-state index contributed by atoms with van der Waals surface area (Å²) in [7, 11) is 0. The number of rotatable bonds is 4. The fourth-order valence-electron chi connectivity index (χ4n) is 4.25. The molecule has 3 aromatic heterocycles. The molecule has 0 saturated carbocycles. The van der Waals surface area contributed by atoms with Gasteiger partial charge in [-0.1, -0.05) is 12.1 Å². The summed E-state index contributed by atoms with van der Waals surface area (Å²) in [5.41, 5.74) is 4.40. The Morgan fingerprint density at radius 2 is 2.06 bits per heavy atom. The standard InChI is InChI=1S/C23H25N5O3/c1-13-4-3-5-17-16(13)10-20(25-17)23(30)24-14(2)18-12-22(29)28-21(26-18)11-19(27-28)15-6-8-31-9-7-15/h3-5,10-12,14-15,25,27H,6-9H2,1-2H3,(H,24,30)/t14-/m0/s1. The van der Waals surface area contributed by atoms with E-state index < -0.39 is 6.04 Å². The Labute approximate surface area is 178 Å². The first-order chi connectivity index (χ1) is 15.0. The quantitative estimate of drug-likeness (QED) is 0.472. The number of nitrogens with one attached hydrogen (secondary N) is 3. The minimum Gasteiger partial charge on any atom is -0.381 e. The number of ether oxygens (including phenoxy) is 1. The van der Waals surface area contributed by atoms with Crippen LogP contribution in [0.25, 0.3) is 16.6 Å². The van der Waals surface area contributed by atoms with Crippen LogP contribution >= 0.6 is 0 Å². The fourth-order valence-corrected chi connectivity index (χ4v) is 4.25. The number of carbonyl (C=O) groups excluding carboxylic acids is 1. The van der Waals surface area contributed by atoms with E-state index in [0.717, 1.165) is 48.2 Å². The maximum absolute atomic E-state index is 12.8. The number of carbonyl (C=O) groups is 1. The molecule has 0 spiro atoms. The van der Waals surface area contributed by atoms with Crippen LogP contribution < -0.4 is 10.9 Å². The fraction of sp³-hybridized carbons (Fsp3) is 0.348. The molecule has 1 aliphatic heterocycles. The lowest BCUT2D eigenvalue weighted by Crippen LogP contribution is -2.29. The number of benzene rings is 1. The molecule has 8 heteroatoms. The molecule has 1 amide bonds. The van der Waals surface area contributed by atoms with Crippen LogP contribution in [0.1, 0.15) is 59.2 Å². The Kier molecular flexibility index (Phi) is 4.86. The van der Waals surface area contributed by atoms with Crippen molar-refractivity contribution in [3.63, 3.8) is 0 Å². The second-order valence-electron chi connectivity index (χ2n) is 8.23. The molecule has 3 N–H and O–H groups in total. The van der Waals surface area contributed by atoms with Gasteiger partial charge in [-0.2, -0.15) is 0 Å². The van der Waals surface area contributed by atoms with Gasteiger partial charge in [0.05, 0.1) is 11.7 Å². The summed E-state index contributed by atoms with van der Waals surface area (Å²) >= 11 is 0. The minimum absolute atomic E-state index is 0.194. The van der Waals surface area contributed by atoms with Crippen molar-refractivity contribution in [2.45, 2.75) is 38.6 Å². The van der Waals surface area contributed by atoms with Crippen LogP contribution in [0.2, 0.25) is 0 Å². The van der Waals surface area contributed by atoms with Crippen LogP contribution in [-0.4, -0.2) is 38.7 Å². The van der Waals surface area contributed by atoms with Gasteiger partial charge in [-0.05, 0) is 44.4 Å². The summed E-state index contributed by atoms with van der Waals surface area (Å²) in [6.45, 7) is 5.29. The van der Waals surface area contributed by atoms with Gasteiger partial charge >= 0.3 is 0 Å². The third-order valence-electron chi connectivity index (χ3n) is 6.07. The highest BCUT2D eigenvalue weighted by Crippen LogP contribution is 2.26. The molecule has 0 radical (unpaired) electrons. The first-order valence-electron chi connectivity index (χ1n) is 10.6. The van der Waals surface area contributed by atoms with E-state index in [4.69, 9.17) is 4.74 Å². The van der Waals surface area contributed by atoms with E-state index in [2.05, 4.69) is 20.4 Å². The van der Waals surface area contributed by atoms with Crippen molar-refractivity contribution in [2.75, 3.05) is 13.2 Å². The Morgan fingerprint density at radius 1 is 1.26 bits per heavy atom. The monoisotopic (exact) mass is 419 g/mol. The number of aromatic nitrogens is 4. The Bertz CT molecular complexity index is 1330. The van der Waals surface area contributed by atoms with E-state index >= 15 is 0 Å². The third kappa shape index (κ3) is 3.63. The van der Waals surface area contributed by atoms with Gasteiger partial charge in [-0.15, -0.1) is 0 Å². The van der Waals surface area contributed by atoms with E-state index in [1.54, 1.807) is 0 Å². The first-order valence-corrected chi connectivity index (χ1v) is 10.6. The van der Waals surface area contributed by atoms with Gasteiger partial charge in [0.15, 0.2) is 5.65 Å². The van der Waals surface area contributed by atoms with Crippen molar-refractivity contribution < 1.29 is 9.53 Å². The van der Waals surface area contributed by atoms with Crippen molar-refractivity contribution in [2.24, 2.45) is 0 Å². The van der Waals surface area contributed by atoms with Crippen molar-refractivity contribution in [1.82, 2.24) is 24.9 Å². The molecule has 1 fully saturated rings. The molecule has 1 aliphatic rings. The molecule has 1 aromatic carbocycles. The predicted octanol–water partition coefficient (Wildman–Crippen LogP) is 3.20. The highest BCUT2D eigenvalue weighted by Gasteiger charge is 2.20. The average Bonchev–Trinajstić information content (AvgIpc) is 3.40. The molecule has 0 bridgehead atoms. The van der Waals surface area contributed by atoms with Gasteiger partial charge in [0.1, 0.15) is 5.69 Å². The summed E-state index contributed by atoms with van der Waals surface area (Å²) in [5, 5.41) is 7.15. The number of aryl methyl sites for hydroxylation is 1. The second-order valence-corrected chi connectivity index (χ2v) is 8.23. The first kappa shape index (κ1) is 19.6. The van der Waals surface area contributed by atoms with E-state index in [1.165, 1.54) is 10.6 Å². The highest BCUT2D eigenvalue weighted by molar-refractivity contribution is 5.98. The number of aromatic amines is 2. The number of H-pyrrole nitrogens is 2. The normalized spacial score (nSPS) is 16.1. The molecule has 4 heterocycles. The zero-order chi connectivity index (χ0) is 21.5. The van der Waals surface area contributed by atoms with E-state index in [0.29, 0.717) is 23.0 Å². The van der Waals surface area contributed by atoms with Crippen molar-refractivity contribution in [3.8, 4) is 0 Å². The lowest BCUT2D eigenvalue weighted by molar-refractivity contribution is 0.0844. The number of hydrogen-bond donors (Lipinski definition) is 3. The molecular weight excluding hydrogens is 394 g/mol. The van der Waals surface area contributed by atoms with Crippen molar-refractivity contribution in [3.05, 3.63) is 69.4 Å². The van der Waals surface area contributed by atoms with Gasteiger partial charge in [-0.3, -0.25) is 14.7 Å². The molecule has 1 saturated heterocycles. The van der Waals surface area contributed by atoms with Crippen LogP contribution in [0.15, 0.2) is 41.2 Å². The predicted molar refractivity (Wildman–Crippen MR) is 118 cm³/mol. The smallest absolute Gasteiger partial charge is 0.272 e. The van der Waals surface area contributed by atoms with Gasteiger partial charge in [0.25, 0.3) is 11.5 Å². The Hall–Kier alpha value is -3.39. The van der Waals surface area contributed by atoms with E-state index in [-0.39, 0.29) is 11.5 Å². The number of hydrogen-bond acceptors (Lipinski definition) is 4. The van der Waals surface area contributed by atoms with Crippen LogP contribution in [0.3, 0.4) is 0 Å². The summed E-state index contributed by atoms with van der Waals surface area (Å²) in [6.07, 6.45) is 1.84. The topological polar surface area (TPSA) is 104 Å². The molecule has 0 unspecified atom stereocenters. The average molecular weight is 419 g/mol. The second kappa shape index (κ2) is 7.70. The minimum atomic E-state index is -0.417. The molecule has 31 heavy (non-hydrogen) atoms. The molecular formula is C23H25N5O3. The van der Waals surface area contributed by atoms with Crippen LogP contribution in [0, 0.1) is 6.92 Å². The Morgan fingerprint density at radius 3 is 2.84 bits per heavy atom. The lowest BCUT2D eigenvalue weighted by atomic mass is 9.97. The van der Waals surface area contributed by atoms with Crippen LogP contribution in [0.4, 0.5) is 0 Å². The molecule has 1 atom stereocenters. The molecule has 8 nitrogen and oxygen atoms in total. The summed E-state index contributed by atoms with van der Waals surface area (Å²) < 4.78 is 6.89. The largest absolute Gasteiger partial charge is 0.381 e. The maximum atomic E-state index is 12.8. The van der Waals surface area contributed by atoms with E-state index in [1.807, 2.05) is 44.2 Å². The number of fused-ring (bicyclic) bond motifs is 2. The van der Waals surface area contributed by atoms with Crippen molar-refractivity contribution >= 4 is 22.5 Å². The van der Waals surface area contributed by atoms with Crippen LogP contribution in [-0.2, 0) is 4.74 Å². The molecule has 5 rings (SSSR count). The maximum Gasteiger partial charge on any atom is 0.272 e. The highest BCUT2D eigenvalue weighted by atomic mass is 16.5. The zero-order valence-electron chi connectivity index (χ0n) is 17.6. The molecule has 160 valence electrons. The SMILES string of the molecule is Cc1cccc2[nH]c(C(=O)N[C@@H](C)c3cc(=O)n4[nH]c(C5CCOCC5)cc4n3)cc12. The Balaban J connectivity index is 1.39. The molecule has 4 aromatic rings. The summed E-state index contributed by atoms with van der Waals surface area (Å²) in [6, 6.07) is 10.7. The molecule has 0 aliphatic carbocycles. The lowest BCUT2D eigenvalue weighted by Gasteiger charge is -2.20. The number of amides is 1. The van der Waals surface area contributed by atoms with Gasteiger partial charge < -0.3 is 15.0 Å². The van der Waals surface area contributed by atoms with E-state index in [9.17, 15) is 9.59 Å².